The zero-order valence-electron chi connectivity index (χ0n) is 13.7. The molecular formula is C19H25N3O. The molecule has 23 heavy (non-hydrogen) atoms. The van der Waals surface area contributed by atoms with Gasteiger partial charge in [-0.05, 0) is 31.0 Å². The maximum atomic E-state index is 9.67. The molecule has 122 valence electrons. The summed E-state index contributed by atoms with van der Waals surface area (Å²) in [6.45, 7) is 3.22. The second kappa shape index (κ2) is 6.02. The first-order valence-corrected chi connectivity index (χ1v) is 8.56. The van der Waals surface area contributed by atoms with Crippen molar-refractivity contribution in [1.82, 2.24) is 15.1 Å². The summed E-state index contributed by atoms with van der Waals surface area (Å²) in [6, 6.07) is 0. The summed E-state index contributed by atoms with van der Waals surface area (Å²) >= 11 is 0. The number of hydrogen-bond donors (Lipinski definition) is 2. The van der Waals surface area contributed by atoms with Gasteiger partial charge in [0.15, 0.2) is 0 Å². The van der Waals surface area contributed by atoms with E-state index in [2.05, 4.69) is 52.5 Å². The van der Waals surface area contributed by atoms with Gasteiger partial charge in [-0.25, -0.2) is 0 Å². The maximum Gasteiger partial charge on any atom is 0.122 e. The summed E-state index contributed by atoms with van der Waals surface area (Å²) < 4.78 is 0. The van der Waals surface area contributed by atoms with Gasteiger partial charge in [0.25, 0.3) is 0 Å². The first-order chi connectivity index (χ1) is 11.3. The molecule has 0 aromatic heterocycles. The Bertz CT molecular complexity index is 631. The van der Waals surface area contributed by atoms with Crippen LogP contribution in [0.5, 0.6) is 0 Å². The second-order valence-corrected chi connectivity index (χ2v) is 6.80. The Kier molecular flexibility index (Phi) is 3.87. The van der Waals surface area contributed by atoms with Crippen molar-refractivity contribution in [3.05, 3.63) is 59.0 Å². The molecule has 0 bridgehead atoms. The van der Waals surface area contributed by atoms with Crippen LogP contribution in [0.1, 0.15) is 12.8 Å². The molecule has 2 unspecified atom stereocenters. The van der Waals surface area contributed by atoms with Crippen LogP contribution in [0.2, 0.25) is 0 Å². The highest BCUT2D eigenvalue weighted by atomic mass is 16.3. The number of piperidine rings is 1. The predicted molar refractivity (Wildman–Crippen MR) is 92.4 cm³/mol. The second-order valence-electron chi connectivity index (χ2n) is 6.80. The molecule has 4 heteroatoms. The van der Waals surface area contributed by atoms with Crippen molar-refractivity contribution in [2.75, 3.05) is 33.3 Å². The largest absolute Gasteiger partial charge is 0.390 e. The predicted octanol–water partition coefficient (Wildman–Crippen LogP) is 1.76. The molecule has 0 amide bonds. The van der Waals surface area contributed by atoms with Crippen LogP contribution in [0.25, 0.3) is 0 Å². The number of hydrogen-bond acceptors (Lipinski definition) is 4. The lowest BCUT2D eigenvalue weighted by molar-refractivity contribution is 0.243. The Balaban J connectivity index is 1.76. The molecule has 1 aliphatic carbocycles. The molecule has 0 aromatic rings. The Morgan fingerprint density at radius 1 is 1.26 bits per heavy atom. The number of nitrogens with zero attached hydrogens (tertiary/aromatic N) is 2. The summed E-state index contributed by atoms with van der Waals surface area (Å²) in [5.41, 5.74) is 5.48. The lowest BCUT2D eigenvalue weighted by Gasteiger charge is -2.35. The molecule has 2 atom stereocenters. The number of rotatable bonds is 1. The van der Waals surface area contributed by atoms with Crippen LogP contribution in [0.3, 0.4) is 0 Å². The van der Waals surface area contributed by atoms with E-state index in [9.17, 15) is 5.11 Å². The third kappa shape index (κ3) is 2.56. The van der Waals surface area contributed by atoms with Gasteiger partial charge in [-0.15, -0.1) is 0 Å². The van der Waals surface area contributed by atoms with Crippen LogP contribution >= 0.6 is 0 Å². The summed E-state index contributed by atoms with van der Waals surface area (Å²) in [7, 11) is 2.20. The van der Waals surface area contributed by atoms with E-state index >= 15 is 0 Å². The molecule has 2 N–H and O–H groups in total. The molecule has 0 spiro atoms. The lowest BCUT2D eigenvalue weighted by atomic mass is 9.81. The van der Waals surface area contributed by atoms with Gasteiger partial charge in [0.1, 0.15) is 6.17 Å². The highest BCUT2D eigenvalue weighted by molar-refractivity contribution is 5.46. The summed E-state index contributed by atoms with van der Waals surface area (Å²) in [4.78, 5) is 4.72. The molecule has 3 aliphatic heterocycles. The van der Waals surface area contributed by atoms with Gasteiger partial charge in [0.2, 0.25) is 0 Å². The number of aliphatic hydroxyl groups excluding tert-OH is 1. The topological polar surface area (TPSA) is 38.7 Å². The first-order valence-electron chi connectivity index (χ1n) is 8.56. The van der Waals surface area contributed by atoms with E-state index in [-0.39, 0.29) is 12.8 Å². The standard InChI is InChI=1S/C19H25N3O/c1-21-9-6-15(7-10-21)18-17-5-3-2-4-14(17)8-11-22-16(13-23)12-20-19(18)22/h2-5,8,12,17,19-20,23H,6-7,9-11,13H2,1H3. The Hall–Kier alpha value is -1.78. The van der Waals surface area contributed by atoms with Gasteiger partial charge in [0, 0.05) is 31.8 Å². The van der Waals surface area contributed by atoms with Crippen molar-refractivity contribution in [3.8, 4) is 0 Å². The molecule has 4 rings (SSSR count). The molecule has 1 saturated heterocycles. The van der Waals surface area contributed by atoms with Crippen molar-refractivity contribution >= 4 is 0 Å². The quantitative estimate of drug-likeness (QED) is 0.724. The zero-order valence-corrected chi connectivity index (χ0v) is 13.7. The molecule has 0 aromatic carbocycles. The van der Waals surface area contributed by atoms with Gasteiger partial charge in [-0.1, -0.05) is 36.0 Å². The molecule has 0 saturated carbocycles. The molecule has 1 fully saturated rings. The zero-order chi connectivity index (χ0) is 15.8. The normalized spacial score (nSPS) is 30.4. The van der Waals surface area contributed by atoms with Crippen LogP contribution in [-0.2, 0) is 0 Å². The van der Waals surface area contributed by atoms with Crippen LogP contribution in [0, 0.1) is 5.92 Å². The number of allylic oxidation sites excluding steroid dienone is 5. The highest BCUT2D eigenvalue weighted by Gasteiger charge is 2.36. The van der Waals surface area contributed by atoms with Gasteiger partial charge in [-0.3, -0.25) is 0 Å². The lowest BCUT2D eigenvalue weighted by Crippen LogP contribution is -2.41. The third-order valence-corrected chi connectivity index (χ3v) is 5.47. The minimum atomic E-state index is 0.0916. The number of aliphatic hydroxyl groups is 1. The molecule has 3 heterocycles. The van der Waals surface area contributed by atoms with Gasteiger partial charge >= 0.3 is 0 Å². The van der Waals surface area contributed by atoms with Crippen LogP contribution < -0.4 is 5.32 Å². The summed E-state index contributed by atoms with van der Waals surface area (Å²) in [6.07, 6.45) is 15.7. The Morgan fingerprint density at radius 2 is 2.09 bits per heavy atom. The molecule has 0 radical (unpaired) electrons. The van der Waals surface area contributed by atoms with Crippen molar-refractivity contribution in [1.29, 1.82) is 0 Å². The van der Waals surface area contributed by atoms with Crippen molar-refractivity contribution in [2.24, 2.45) is 5.92 Å². The van der Waals surface area contributed by atoms with Crippen LogP contribution in [0.15, 0.2) is 59.0 Å². The highest BCUT2D eigenvalue weighted by Crippen LogP contribution is 2.39. The van der Waals surface area contributed by atoms with E-state index in [1.807, 2.05) is 6.20 Å². The first kappa shape index (κ1) is 14.8. The van der Waals surface area contributed by atoms with Gasteiger partial charge in [0.05, 0.1) is 12.3 Å². The van der Waals surface area contributed by atoms with E-state index in [1.165, 1.54) is 11.1 Å². The minimum Gasteiger partial charge on any atom is -0.390 e. The van der Waals surface area contributed by atoms with Crippen molar-refractivity contribution in [3.63, 3.8) is 0 Å². The Labute approximate surface area is 138 Å². The number of nitrogens with one attached hydrogen (secondary N) is 1. The van der Waals surface area contributed by atoms with Gasteiger partial charge < -0.3 is 20.2 Å². The van der Waals surface area contributed by atoms with Crippen LogP contribution in [0.4, 0.5) is 0 Å². The Morgan fingerprint density at radius 3 is 2.87 bits per heavy atom. The van der Waals surface area contributed by atoms with Crippen molar-refractivity contribution < 1.29 is 5.11 Å². The third-order valence-electron chi connectivity index (χ3n) is 5.47. The van der Waals surface area contributed by atoms with E-state index in [4.69, 9.17) is 0 Å². The summed E-state index contributed by atoms with van der Waals surface area (Å²) in [5, 5.41) is 13.2. The van der Waals surface area contributed by atoms with E-state index in [0.29, 0.717) is 5.92 Å². The fourth-order valence-electron chi connectivity index (χ4n) is 4.13. The fraction of sp³-hybridized carbons (Fsp3) is 0.474. The van der Waals surface area contributed by atoms with Gasteiger partial charge in [-0.2, -0.15) is 0 Å². The fourth-order valence-corrected chi connectivity index (χ4v) is 4.13. The van der Waals surface area contributed by atoms with E-state index in [1.54, 1.807) is 5.57 Å². The number of fused-ring (bicyclic) bond motifs is 2. The molecular weight excluding hydrogens is 286 g/mol. The average molecular weight is 311 g/mol. The van der Waals surface area contributed by atoms with E-state index in [0.717, 1.165) is 38.2 Å². The number of likely N-dealkylation sites (tertiary alicyclic amines) is 1. The monoisotopic (exact) mass is 311 g/mol. The smallest absolute Gasteiger partial charge is 0.122 e. The average Bonchev–Trinajstić information content (AvgIpc) is 2.91. The summed E-state index contributed by atoms with van der Waals surface area (Å²) in [5.74, 6) is 0.368. The van der Waals surface area contributed by atoms with E-state index < -0.39 is 0 Å². The SMILES string of the molecule is CN1CCC(=C2C3C=CC=CC3=CCN3C(CO)=CNC23)CC1. The van der Waals surface area contributed by atoms with Crippen LogP contribution in [-0.4, -0.2) is 54.4 Å². The maximum absolute atomic E-state index is 9.67. The molecule has 4 aliphatic rings. The minimum absolute atomic E-state index is 0.0916. The molecule has 4 nitrogen and oxygen atoms in total. The van der Waals surface area contributed by atoms with Crippen molar-refractivity contribution in [2.45, 2.75) is 19.0 Å².